The first kappa shape index (κ1) is 60.9. The van der Waals surface area contributed by atoms with Gasteiger partial charge in [-0.25, -0.2) is 25.5 Å². The normalized spacial score (nSPS) is 21.1. The molecule has 0 radical (unpaired) electrons. The fraction of sp³-hybridized carbons (Fsp3) is 0.484. The van der Waals surface area contributed by atoms with E-state index in [1.54, 1.807) is 29.6 Å². The highest BCUT2D eigenvalue weighted by molar-refractivity contribution is 7.88. The van der Waals surface area contributed by atoms with Crippen molar-refractivity contribution >= 4 is 110 Å². The van der Waals surface area contributed by atoms with E-state index in [9.17, 15) is 26.7 Å². The third kappa shape index (κ3) is 13.4. The summed E-state index contributed by atoms with van der Waals surface area (Å²) in [7, 11) is -6.45. The maximum absolute atomic E-state index is 15.4. The van der Waals surface area contributed by atoms with Crippen LogP contribution >= 0.6 is 23.2 Å². The number of fused-ring (bicyclic) bond motifs is 4. The first-order valence-electron chi connectivity index (χ1n) is 29.8. The van der Waals surface area contributed by atoms with Gasteiger partial charge in [-0.1, -0.05) is 23.2 Å². The van der Waals surface area contributed by atoms with Crippen molar-refractivity contribution in [3.8, 4) is 0 Å². The number of hydrogen-bond donors (Lipinski definition) is 5. The summed E-state index contributed by atoms with van der Waals surface area (Å²) in [5.74, 6) is 1.61. The lowest BCUT2D eigenvalue weighted by molar-refractivity contribution is -0.134. The Bertz CT molecular complexity index is 3970. The van der Waals surface area contributed by atoms with E-state index in [0.29, 0.717) is 36.1 Å². The number of halogens is 3. The van der Waals surface area contributed by atoms with Crippen LogP contribution in [0.15, 0.2) is 97.6 Å². The Hall–Kier alpha value is -5.80. The van der Waals surface area contributed by atoms with E-state index in [-0.39, 0.29) is 43.5 Å². The highest BCUT2D eigenvalue weighted by atomic mass is 35.5. The van der Waals surface area contributed by atoms with Crippen molar-refractivity contribution < 1.29 is 31.1 Å². The lowest BCUT2D eigenvalue weighted by Crippen LogP contribution is -2.60. The van der Waals surface area contributed by atoms with Crippen molar-refractivity contribution in [3.05, 3.63) is 124 Å². The number of piperazine rings is 2. The van der Waals surface area contributed by atoms with E-state index in [2.05, 4.69) is 90.9 Å². The van der Waals surface area contributed by atoms with Crippen molar-refractivity contribution in [2.45, 2.75) is 121 Å². The van der Waals surface area contributed by atoms with Crippen LogP contribution in [0, 0.1) is 0 Å². The molecule has 85 heavy (non-hydrogen) atoms. The second-order valence-corrected chi connectivity index (χ2v) is 30.4. The standard InChI is InChI=1S/C19H25N3O.C18H25N3O2S.C14H16ClFN2O2S.C13H15ClN2O/c1-13(23)22-9-8-21(12-19(22,2)3)18-11-15(14-4-5-14)10-17-16(18)6-7-20-17;1-18(2)12-20(8-9-21(18)24(3,22)23)17-11-14(13-4-5-13)10-16-15(17)6-7-19-16;1-21(19,20)18-6-3-14(16,4-7-18)12-8-10(15)9-13-11(12)2-5-17-13;14-9-6-12-11(3-4-15-12)13(7-9)16-5-1-2-10(17)8-16/h6-7,10-11,14,20H,4-5,8-9,12H2,1-3H3;6-7,10-11,13,19H,4-5,8-9,12H2,1-3H3;2,5,8-9,17H,3-4,6-7H2,1H3;3-4,6-7,10,15,17H,1-2,5,8H2. The molecule has 4 aromatic carbocycles. The van der Waals surface area contributed by atoms with Crippen LogP contribution in [0.5, 0.6) is 0 Å². The molecule has 1 atom stereocenters. The summed E-state index contributed by atoms with van der Waals surface area (Å²) in [6.45, 7) is 16.6. The molecule has 2 aliphatic carbocycles. The number of β-amino-alcohol motifs (C(OH)–C–C–N with tert-alkyl or cyclic N) is 1. The molecule has 0 spiro atoms. The van der Waals surface area contributed by atoms with Gasteiger partial charge in [0, 0.05) is 173 Å². The SMILES string of the molecule is CC(=O)N1CCN(c2cc(C3CC3)cc3[nH]ccc23)CC1(C)C.CC1(C)CN(c2cc(C3CC3)cc3[nH]ccc23)CCN1S(C)(=O)=O.CS(=O)(=O)N1CCC(F)(c2cc(Cl)cc3[nH]ccc23)CC1.OC1CCCN(c2cc(Cl)cc3[nH]ccc23)C1. The number of sulfonamides is 2. The number of H-pyrrole nitrogens is 4. The van der Waals surface area contributed by atoms with E-state index in [1.807, 2.05) is 55.5 Å². The van der Waals surface area contributed by atoms with Crippen molar-refractivity contribution in [1.29, 1.82) is 0 Å². The average molecular weight is 1240 g/mol. The number of amides is 1. The zero-order valence-electron chi connectivity index (χ0n) is 49.8. The lowest BCUT2D eigenvalue weighted by Gasteiger charge is -2.47. The van der Waals surface area contributed by atoms with Gasteiger partial charge in [0.1, 0.15) is 5.67 Å². The topological polar surface area (TPSA) is 188 Å². The van der Waals surface area contributed by atoms with Crippen LogP contribution in [0.3, 0.4) is 0 Å². The molecule has 0 bridgehead atoms. The van der Waals surface area contributed by atoms with E-state index in [4.69, 9.17) is 23.2 Å². The molecule has 5 N–H and O–H groups in total. The second kappa shape index (κ2) is 23.7. The number of hydrogen-bond acceptors (Lipinski definition) is 9. The number of carbonyl (C=O) groups is 1. The molecule has 6 fully saturated rings. The summed E-state index contributed by atoms with van der Waals surface area (Å²) in [5, 5.41) is 15.4. The zero-order chi connectivity index (χ0) is 60.4. The molecular formula is C64H81Cl2FN10O6S2. The largest absolute Gasteiger partial charge is 0.391 e. The van der Waals surface area contributed by atoms with Gasteiger partial charge in [-0.2, -0.15) is 4.31 Å². The molecule has 21 heteroatoms. The van der Waals surface area contributed by atoms with Crippen molar-refractivity contribution in [2.75, 3.05) is 92.7 Å². The number of piperidine rings is 2. The van der Waals surface area contributed by atoms with Gasteiger partial charge in [0.2, 0.25) is 26.0 Å². The Morgan fingerprint density at radius 1 is 0.565 bits per heavy atom. The van der Waals surface area contributed by atoms with Gasteiger partial charge in [0.25, 0.3) is 0 Å². The maximum atomic E-state index is 15.4. The van der Waals surface area contributed by atoms with Crippen molar-refractivity contribution in [1.82, 2.24) is 33.4 Å². The Labute approximate surface area is 509 Å². The van der Waals surface area contributed by atoms with Crippen LogP contribution in [-0.4, -0.2) is 156 Å². The fourth-order valence-electron chi connectivity index (χ4n) is 13.6. The van der Waals surface area contributed by atoms with Gasteiger partial charge in [-0.05, 0) is 180 Å². The Kier molecular flexibility index (Phi) is 17.0. The number of carbonyl (C=O) groups excluding carboxylic acids is 1. The van der Waals surface area contributed by atoms with Gasteiger partial charge in [-0.3, -0.25) is 4.79 Å². The van der Waals surface area contributed by atoms with E-state index in [1.165, 1.54) is 85.9 Å². The van der Waals surface area contributed by atoms with Crippen LogP contribution in [0.4, 0.5) is 21.5 Å². The highest BCUT2D eigenvalue weighted by Gasteiger charge is 2.42. The lowest BCUT2D eigenvalue weighted by atomic mass is 9.85. The number of alkyl halides is 1. The van der Waals surface area contributed by atoms with Crippen LogP contribution in [0.1, 0.15) is 115 Å². The monoisotopic (exact) mass is 1240 g/mol. The number of nitrogens with zero attached hydrogens (tertiary/aromatic N) is 6. The number of anilines is 3. The summed E-state index contributed by atoms with van der Waals surface area (Å²) in [5.41, 5.74) is 9.23. The molecule has 1 amide bonds. The first-order chi connectivity index (χ1) is 40.2. The molecule has 8 heterocycles. The van der Waals surface area contributed by atoms with Crippen LogP contribution < -0.4 is 14.7 Å². The minimum atomic E-state index is -3.26. The summed E-state index contributed by atoms with van der Waals surface area (Å²) < 4.78 is 65.5. The molecule has 8 aromatic rings. The Balaban J connectivity index is 0.000000119. The minimum absolute atomic E-state index is 0.137. The van der Waals surface area contributed by atoms with Gasteiger partial charge in [0.15, 0.2) is 0 Å². The minimum Gasteiger partial charge on any atom is -0.391 e. The molecule has 4 aromatic heterocycles. The van der Waals surface area contributed by atoms with Crippen LogP contribution in [-0.2, 0) is 30.5 Å². The summed E-state index contributed by atoms with van der Waals surface area (Å²) >= 11 is 12.2. The molecule has 6 aliphatic rings. The average Bonchev–Trinajstić information content (AvgIpc) is 2.65. The molecule has 1 unspecified atom stereocenters. The molecule has 4 saturated heterocycles. The zero-order valence-corrected chi connectivity index (χ0v) is 53.0. The molecule has 16 nitrogen and oxygen atoms in total. The molecule has 2 saturated carbocycles. The van der Waals surface area contributed by atoms with E-state index in [0.717, 1.165) is 84.9 Å². The first-order valence-corrected chi connectivity index (χ1v) is 34.3. The van der Waals surface area contributed by atoms with E-state index < -0.39 is 31.3 Å². The summed E-state index contributed by atoms with van der Waals surface area (Å²) in [6, 6.07) is 24.8. The van der Waals surface area contributed by atoms with Gasteiger partial charge in [-0.15, -0.1) is 0 Å². The van der Waals surface area contributed by atoms with E-state index >= 15 is 4.39 Å². The number of aromatic nitrogens is 4. The maximum Gasteiger partial charge on any atom is 0.220 e. The molecule has 456 valence electrons. The summed E-state index contributed by atoms with van der Waals surface area (Å²) in [4.78, 5) is 33.8. The predicted molar refractivity (Wildman–Crippen MR) is 345 cm³/mol. The predicted octanol–water partition coefficient (Wildman–Crippen LogP) is 12.2. The molecule has 4 aliphatic heterocycles. The quantitative estimate of drug-likeness (QED) is 0.0986. The highest BCUT2D eigenvalue weighted by Crippen LogP contribution is 2.46. The molecular weight excluding hydrogens is 1160 g/mol. The number of aliphatic hydroxyl groups excluding tert-OH is 1. The van der Waals surface area contributed by atoms with Crippen LogP contribution in [0.25, 0.3) is 43.6 Å². The van der Waals surface area contributed by atoms with Crippen LogP contribution in [0.2, 0.25) is 10.0 Å². The molecule has 14 rings (SSSR count). The number of nitrogens with one attached hydrogen (secondary N) is 4. The van der Waals surface area contributed by atoms with Gasteiger partial charge >= 0.3 is 0 Å². The third-order valence-corrected chi connectivity index (χ3v) is 21.3. The fourth-order valence-corrected chi connectivity index (χ4v) is 16.2. The summed E-state index contributed by atoms with van der Waals surface area (Å²) in [6.07, 6.45) is 17.3. The number of aromatic amines is 4. The van der Waals surface area contributed by atoms with Crippen molar-refractivity contribution in [3.63, 3.8) is 0 Å². The van der Waals surface area contributed by atoms with Gasteiger partial charge < -0.3 is 44.6 Å². The third-order valence-electron chi connectivity index (χ3n) is 18.1. The van der Waals surface area contributed by atoms with Crippen molar-refractivity contribution in [2.24, 2.45) is 0 Å². The number of aliphatic hydroxyl groups is 1. The number of benzene rings is 4. The number of rotatable bonds is 8. The smallest absolute Gasteiger partial charge is 0.220 e. The Morgan fingerprint density at radius 3 is 1.48 bits per heavy atom. The van der Waals surface area contributed by atoms with Gasteiger partial charge in [0.05, 0.1) is 24.2 Å². The second-order valence-electron chi connectivity index (χ2n) is 25.6. The Morgan fingerprint density at radius 2 is 1.02 bits per heavy atom.